The molecule has 0 aliphatic heterocycles. The normalized spacial score (nSPS) is 10.9. The van der Waals surface area contributed by atoms with E-state index in [4.69, 9.17) is 16.3 Å². The Morgan fingerprint density at radius 3 is 2.85 bits per heavy atom. The molecule has 0 amide bonds. The quantitative estimate of drug-likeness (QED) is 0.657. The number of ether oxygens (including phenoxy) is 1. The van der Waals surface area contributed by atoms with Crippen molar-refractivity contribution < 1.29 is 4.74 Å². The predicted molar refractivity (Wildman–Crippen MR) is 83.8 cm³/mol. The van der Waals surface area contributed by atoms with Crippen LogP contribution in [0.15, 0.2) is 30.6 Å². The number of aryl methyl sites for hydroxylation is 1. The van der Waals surface area contributed by atoms with Crippen LogP contribution >= 0.6 is 22.9 Å². The molecule has 3 nitrogen and oxygen atoms in total. The fourth-order valence-corrected chi connectivity index (χ4v) is 3.52. The van der Waals surface area contributed by atoms with Gasteiger partial charge in [-0.2, -0.15) is 0 Å². The number of fused-ring (bicyclic) bond motifs is 1. The zero-order chi connectivity index (χ0) is 14.1. The first-order valence-corrected chi connectivity index (χ1v) is 7.53. The van der Waals surface area contributed by atoms with Crippen molar-refractivity contribution >= 4 is 33.2 Å². The highest BCUT2D eigenvalue weighted by molar-refractivity contribution is 7.20. The van der Waals surface area contributed by atoms with Crippen molar-refractivity contribution in [1.82, 2.24) is 9.97 Å². The van der Waals surface area contributed by atoms with Gasteiger partial charge in [-0.1, -0.05) is 29.8 Å². The standard InChI is InChI=1S/C15H13ClN2OS/c1-3-19-11-7-5-4-6-10(11)12-9(2)20-14-13(12)17-8-18-15(14)16/h4-8H,3H2,1-2H3. The molecule has 2 aromatic heterocycles. The molecule has 0 radical (unpaired) electrons. The molecule has 0 spiro atoms. The first kappa shape index (κ1) is 13.3. The van der Waals surface area contributed by atoms with Crippen molar-refractivity contribution in [3.8, 4) is 16.9 Å². The Balaban J connectivity index is 2.30. The Morgan fingerprint density at radius 2 is 2.05 bits per heavy atom. The van der Waals surface area contributed by atoms with Crippen molar-refractivity contribution in [2.24, 2.45) is 0 Å². The van der Waals surface area contributed by atoms with E-state index in [1.54, 1.807) is 11.3 Å². The molecule has 0 saturated heterocycles. The van der Waals surface area contributed by atoms with E-state index in [0.29, 0.717) is 11.8 Å². The van der Waals surface area contributed by atoms with Crippen molar-refractivity contribution in [3.05, 3.63) is 40.6 Å². The van der Waals surface area contributed by atoms with E-state index in [-0.39, 0.29) is 0 Å². The zero-order valence-electron chi connectivity index (χ0n) is 11.2. The first-order valence-electron chi connectivity index (χ1n) is 6.34. The van der Waals surface area contributed by atoms with Crippen molar-refractivity contribution in [1.29, 1.82) is 0 Å². The van der Waals surface area contributed by atoms with Crippen LogP contribution in [0.3, 0.4) is 0 Å². The molecule has 0 aliphatic carbocycles. The van der Waals surface area contributed by atoms with Gasteiger partial charge in [0.25, 0.3) is 0 Å². The van der Waals surface area contributed by atoms with Crippen LogP contribution < -0.4 is 4.74 Å². The Labute approximate surface area is 126 Å². The van der Waals surface area contributed by atoms with E-state index >= 15 is 0 Å². The van der Waals surface area contributed by atoms with Crippen molar-refractivity contribution in [3.63, 3.8) is 0 Å². The third-order valence-corrected chi connectivity index (χ3v) is 4.56. The second-order valence-corrected chi connectivity index (χ2v) is 5.89. The second-order valence-electron chi connectivity index (χ2n) is 4.30. The lowest BCUT2D eigenvalue weighted by atomic mass is 10.0. The molecule has 1 aromatic carbocycles. The summed E-state index contributed by atoms with van der Waals surface area (Å²) in [6, 6.07) is 8.00. The number of benzene rings is 1. The van der Waals surface area contributed by atoms with E-state index in [1.165, 1.54) is 6.33 Å². The molecule has 0 N–H and O–H groups in total. The molecular formula is C15H13ClN2OS. The van der Waals surface area contributed by atoms with Gasteiger partial charge in [0.05, 0.1) is 16.8 Å². The van der Waals surface area contributed by atoms with Crippen LogP contribution in [0.2, 0.25) is 5.15 Å². The minimum Gasteiger partial charge on any atom is -0.493 e. The molecule has 3 rings (SSSR count). The van der Waals surface area contributed by atoms with Crippen LogP contribution in [0, 0.1) is 6.92 Å². The summed E-state index contributed by atoms with van der Waals surface area (Å²) in [5, 5.41) is 0.503. The molecule has 0 fully saturated rings. The summed E-state index contributed by atoms with van der Waals surface area (Å²) >= 11 is 7.77. The molecule has 0 saturated carbocycles. The highest BCUT2D eigenvalue weighted by Gasteiger charge is 2.17. The summed E-state index contributed by atoms with van der Waals surface area (Å²) in [4.78, 5) is 9.61. The maximum Gasteiger partial charge on any atom is 0.150 e. The van der Waals surface area contributed by atoms with Gasteiger partial charge in [0.1, 0.15) is 17.2 Å². The van der Waals surface area contributed by atoms with Crippen LogP contribution in [-0.2, 0) is 0 Å². The molecule has 2 heterocycles. The summed E-state index contributed by atoms with van der Waals surface area (Å²) < 4.78 is 6.65. The van der Waals surface area contributed by atoms with Gasteiger partial charge in [-0.3, -0.25) is 0 Å². The van der Waals surface area contributed by atoms with Gasteiger partial charge < -0.3 is 4.74 Å². The van der Waals surface area contributed by atoms with Crippen LogP contribution in [-0.4, -0.2) is 16.6 Å². The number of nitrogens with zero attached hydrogens (tertiary/aromatic N) is 2. The number of halogens is 1. The Hall–Kier alpha value is -1.65. The maximum atomic E-state index is 6.16. The summed E-state index contributed by atoms with van der Waals surface area (Å²) in [6.45, 7) is 4.68. The number of thiophene rings is 1. The number of rotatable bonds is 3. The molecule has 0 atom stereocenters. The fourth-order valence-electron chi connectivity index (χ4n) is 2.26. The van der Waals surface area contributed by atoms with Gasteiger partial charge >= 0.3 is 0 Å². The lowest BCUT2D eigenvalue weighted by Gasteiger charge is -2.10. The molecule has 0 bridgehead atoms. The largest absolute Gasteiger partial charge is 0.493 e. The summed E-state index contributed by atoms with van der Waals surface area (Å²) in [5.41, 5.74) is 3.02. The minimum absolute atomic E-state index is 0.503. The molecular weight excluding hydrogens is 292 g/mol. The van der Waals surface area contributed by atoms with E-state index in [1.807, 2.05) is 25.1 Å². The average molecular weight is 305 g/mol. The highest BCUT2D eigenvalue weighted by atomic mass is 35.5. The van der Waals surface area contributed by atoms with E-state index in [2.05, 4.69) is 23.0 Å². The predicted octanol–water partition coefficient (Wildman–Crippen LogP) is 4.72. The molecule has 20 heavy (non-hydrogen) atoms. The smallest absolute Gasteiger partial charge is 0.150 e. The van der Waals surface area contributed by atoms with Crippen LogP contribution in [0.5, 0.6) is 5.75 Å². The van der Waals surface area contributed by atoms with Crippen molar-refractivity contribution in [2.45, 2.75) is 13.8 Å². The Kier molecular flexibility index (Phi) is 3.59. The number of hydrogen-bond donors (Lipinski definition) is 0. The van der Waals surface area contributed by atoms with E-state index in [0.717, 1.165) is 32.0 Å². The first-order chi connectivity index (χ1) is 9.72. The van der Waals surface area contributed by atoms with Gasteiger partial charge in [-0.15, -0.1) is 11.3 Å². The molecule has 5 heteroatoms. The van der Waals surface area contributed by atoms with Gasteiger partial charge in [0.2, 0.25) is 0 Å². The third kappa shape index (κ3) is 2.15. The van der Waals surface area contributed by atoms with E-state index < -0.39 is 0 Å². The lowest BCUT2D eigenvalue weighted by Crippen LogP contribution is -1.94. The van der Waals surface area contributed by atoms with Gasteiger partial charge in [-0.05, 0) is 19.9 Å². The monoisotopic (exact) mass is 304 g/mol. The summed E-state index contributed by atoms with van der Waals surface area (Å²) in [7, 11) is 0. The van der Waals surface area contributed by atoms with Crippen LogP contribution in [0.4, 0.5) is 0 Å². The minimum atomic E-state index is 0.503. The molecule has 0 aliphatic rings. The van der Waals surface area contributed by atoms with Crippen LogP contribution in [0.1, 0.15) is 11.8 Å². The van der Waals surface area contributed by atoms with Gasteiger partial charge in [0.15, 0.2) is 0 Å². The summed E-state index contributed by atoms with van der Waals surface area (Å²) in [6.07, 6.45) is 1.50. The van der Waals surface area contributed by atoms with Gasteiger partial charge in [0, 0.05) is 16.0 Å². The topological polar surface area (TPSA) is 35.0 Å². The van der Waals surface area contributed by atoms with Crippen molar-refractivity contribution in [2.75, 3.05) is 6.61 Å². The lowest BCUT2D eigenvalue weighted by molar-refractivity contribution is 0.341. The molecule has 3 aromatic rings. The second kappa shape index (κ2) is 5.38. The summed E-state index contributed by atoms with van der Waals surface area (Å²) in [5.74, 6) is 0.868. The van der Waals surface area contributed by atoms with Gasteiger partial charge in [-0.25, -0.2) is 9.97 Å². The molecule has 0 unspecified atom stereocenters. The Morgan fingerprint density at radius 1 is 1.25 bits per heavy atom. The van der Waals surface area contributed by atoms with Crippen LogP contribution in [0.25, 0.3) is 21.3 Å². The fraction of sp³-hybridized carbons (Fsp3) is 0.200. The Bertz CT molecular complexity index is 770. The third-order valence-electron chi connectivity index (χ3n) is 3.06. The maximum absolute atomic E-state index is 6.16. The average Bonchev–Trinajstić information content (AvgIpc) is 2.78. The number of hydrogen-bond acceptors (Lipinski definition) is 4. The zero-order valence-corrected chi connectivity index (χ0v) is 12.8. The number of para-hydroxylation sites is 1. The SMILES string of the molecule is CCOc1ccccc1-c1c(C)sc2c(Cl)ncnc12. The molecule has 102 valence electrons. The van der Waals surface area contributed by atoms with E-state index in [9.17, 15) is 0 Å². The highest BCUT2D eigenvalue weighted by Crippen LogP contribution is 2.42. The number of aromatic nitrogens is 2.